The molecule has 0 aliphatic heterocycles. The number of allylic oxidation sites excluding steroid dienone is 4. The molecule has 0 amide bonds. The second-order valence-electron chi connectivity index (χ2n) is 25.9. The Hall–Kier alpha value is -2.11. The number of hydrogen-bond donors (Lipinski definition) is 0. The van der Waals surface area contributed by atoms with E-state index in [0.717, 1.165) is 64.2 Å². The maximum Gasteiger partial charge on any atom is 0.306 e. The first kappa shape index (κ1) is 80.9. The first-order chi connectivity index (χ1) is 41.0. The van der Waals surface area contributed by atoms with Gasteiger partial charge in [0.15, 0.2) is 6.10 Å². The zero-order chi connectivity index (χ0) is 59.9. The van der Waals surface area contributed by atoms with Crippen LogP contribution in [0.5, 0.6) is 0 Å². The molecule has 6 heteroatoms. The molecule has 0 heterocycles. The smallest absolute Gasteiger partial charge is 0.306 e. The molecule has 83 heavy (non-hydrogen) atoms. The van der Waals surface area contributed by atoms with Gasteiger partial charge in [0.05, 0.1) is 0 Å². The molecule has 0 aliphatic carbocycles. The van der Waals surface area contributed by atoms with Gasteiger partial charge < -0.3 is 14.2 Å². The molecule has 0 saturated carbocycles. The molecule has 0 saturated heterocycles. The number of unbranched alkanes of at least 4 members (excludes halogenated alkanes) is 56. The van der Waals surface area contributed by atoms with Crippen molar-refractivity contribution >= 4 is 17.9 Å². The van der Waals surface area contributed by atoms with Crippen LogP contribution < -0.4 is 0 Å². The fraction of sp³-hybridized carbons (Fsp3) is 0.909. The number of hydrogen-bond acceptors (Lipinski definition) is 6. The Morgan fingerprint density at radius 1 is 0.241 bits per heavy atom. The molecule has 0 aliphatic rings. The molecule has 0 radical (unpaired) electrons. The molecule has 490 valence electrons. The van der Waals surface area contributed by atoms with Gasteiger partial charge in [0.25, 0.3) is 0 Å². The topological polar surface area (TPSA) is 78.9 Å². The predicted octanol–water partition coefficient (Wildman–Crippen LogP) is 26.1. The summed E-state index contributed by atoms with van der Waals surface area (Å²) in [6, 6.07) is 0. The summed E-state index contributed by atoms with van der Waals surface area (Å²) in [7, 11) is 0. The number of rotatable bonds is 71. The molecule has 0 spiro atoms. The van der Waals surface area contributed by atoms with Gasteiger partial charge in [0.2, 0.25) is 0 Å². The van der Waals surface area contributed by atoms with Crippen molar-refractivity contribution in [2.75, 3.05) is 13.2 Å². The summed E-state index contributed by atoms with van der Waals surface area (Å²) in [6.07, 6.45) is 89.4. The Bertz CT molecular complexity index is 1340. The van der Waals surface area contributed by atoms with Gasteiger partial charge in [-0.1, -0.05) is 385 Å². The Kier molecular flexibility index (Phi) is 70.5. The molecule has 0 N–H and O–H groups in total. The Morgan fingerprint density at radius 3 is 0.663 bits per heavy atom. The first-order valence-electron chi connectivity index (χ1n) is 37.8. The van der Waals surface area contributed by atoms with Crippen LogP contribution in [-0.2, 0) is 28.6 Å². The zero-order valence-electron chi connectivity index (χ0n) is 56.5. The lowest BCUT2D eigenvalue weighted by molar-refractivity contribution is -0.167. The Morgan fingerprint density at radius 2 is 0.434 bits per heavy atom. The van der Waals surface area contributed by atoms with Crippen molar-refractivity contribution in [1.82, 2.24) is 0 Å². The second kappa shape index (κ2) is 72.4. The highest BCUT2D eigenvalue weighted by atomic mass is 16.6. The molecule has 6 nitrogen and oxygen atoms in total. The van der Waals surface area contributed by atoms with E-state index in [1.54, 1.807) is 0 Å². The fourth-order valence-electron chi connectivity index (χ4n) is 11.8. The summed E-state index contributed by atoms with van der Waals surface area (Å²) >= 11 is 0. The highest BCUT2D eigenvalue weighted by Crippen LogP contribution is 2.19. The van der Waals surface area contributed by atoms with Crippen LogP contribution in [0.15, 0.2) is 24.3 Å². The van der Waals surface area contributed by atoms with Gasteiger partial charge in [0, 0.05) is 19.3 Å². The van der Waals surface area contributed by atoms with Crippen molar-refractivity contribution in [3.8, 4) is 0 Å². The van der Waals surface area contributed by atoms with E-state index in [1.165, 1.54) is 327 Å². The van der Waals surface area contributed by atoms with Gasteiger partial charge in [-0.05, 0) is 51.4 Å². The number of esters is 3. The van der Waals surface area contributed by atoms with Gasteiger partial charge in [0.1, 0.15) is 13.2 Å². The van der Waals surface area contributed by atoms with E-state index in [9.17, 15) is 14.4 Å². The molecule has 0 aromatic rings. The summed E-state index contributed by atoms with van der Waals surface area (Å²) in [5.74, 6) is -0.823. The minimum atomic E-state index is -0.766. The monoisotopic (exact) mass is 1170 g/mol. The third-order valence-electron chi connectivity index (χ3n) is 17.5. The van der Waals surface area contributed by atoms with Crippen LogP contribution in [0.1, 0.15) is 432 Å². The largest absolute Gasteiger partial charge is 0.462 e. The normalized spacial score (nSPS) is 12.1. The van der Waals surface area contributed by atoms with Crippen molar-refractivity contribution in [3.05, 3.63) is 24.3 Å². The third kappa shape index (κ3) is 70.5. The van der Waals surface area contributed by atoms with E-state index in [4.69, 9.17) is 14.2 Å². The maximum absolute atomic E-state index is 13.0. The second-order valence-corrected chi connectivity index (χ2v) is 25.9. The number of ether oxygens (including phenoxy) is 3. The van der Waals surface area contributed by atoms with Gasteiger partial charge in [-0.2, -0.15) is 0 Å². The zero-order valence-corrected chi connectivity index (χ0v) is 56.5. The number of carbonyl (C=O) groups is 3. The van der Waals surface area contributed by atoms with Crippen molar-refractivity contribution in [1.29, 1.82) is 0 Å². The molecule has 0 bridgehead atoms. The predicted molar refractivity (Wildman–Crippen MR) is 363 cm³/mol. The van der Waals surface area contributed by atoms with Crippen LogP contribution in [-0.4, -0.2) is 37.2 Å². The number of carbonyl (C=O) groups excluding carboxylic acids is 3. The van der Waals surface area contributed by atoms with Crippen molar-refractivity contribution in [3.63, 3.8) is 0 Å². The average molecular weight is 1170 g/mol. The van der Waals surface area contributed by atoms with E-state index in [-0.39, 0.29) is 31.1 Å². The SMILES string of the molecule is CCCCCCC/C=C\C/C=C\CCCCCCCCCCCCCCCCCCCCCCCC(=O)OCC(COC(=O)CCCCCCCCCCCCCCCCC)OC(=O)CCCCCCCCCCCCCCCCCCC. The van der Waals surface area contributed by atoms with E-state index < -0.39 is 6.10 Å². The van der Waals surface area contributed by atoms with Crippen LogP contribution in [0.3, 0.4) is 0 Å². The molecule has 0 aromatic heterocycles. The highest BCUT2D eigenvalue weighted by molar-refractivity contribution is 5.71. The lowest BCUT2D eigenvalue weighted by Crippen LogP contribution is -2.30. The van der Waals surface area contributed by atoms with Crippen molar-refractivity contribution < 1.29 is 28.6 Å². The lowest BCUT2D eigenvalue weighted by Gasteiger charge is -2.18. The summed E-state index contributed by atoms with van der Waals surface area (Å²) in [5.41, 5.74) is 0. The van der Waals surface area contributed by atoms with Crippen molar-refractivity contribution in [2.24, 2.45) is 0 Å². The standard InChI is InChI=1S/C77H146O6/c1-4-7-10-13-16-19-22-25-28-30-31-32-33-34-35-36-37-38-39-40-41-42-43-44-45-47-49-52-55-58-61-64-67-70-76(79)82-73-74(72-81-75(78)69-66-63-60-57-54-51-48-27-24-21-18-15-12-9-6-3)83-77(80)71-68-65-62-59-56-53-50-46-29-26-23-20-17-14-11-8-5-2/h22,25,30-31,74H,4-21,23-24,26-29,32-73H2,1-3H3/b25-22-,31-30-. The van der Waals surface area contributed by atoms with Gasteiger partial charge >= 0.3 is 17.9 Å². The molecular weight excluding hydrogens is 1020 g/mol. The van der Waals surface area contributed by atoms with Crippen LogP contribution in [0, 0.1) is 0 Å². The quantitative estimate of drug-likeness (QED) is 0.0261. The molecule has 1 unspecified atom stereocenters. The minimum absolute atomic E-state index is 0.0623. The van der Waals surface area contributed by atoms with E-state index in [0.29, 0.717) is 19.3 Å². The van der Waals surface area contributed by atoms with E-state index in [1.807, 2.05) is 0 Å². The lowest BCUT2D eigenvalue weighted by atomic mass is 10.0. The molecule has 0 fully saturated rings. The van der Waals surface area contributed by atoms with Gasteiger partial charge in [-0.25, -0.2) is 0 Å². The van der Waals surface area contributed by atoms with Crippen LogP contribution in [0.4, 0.5) is 0 Å². The minimum Gasteiger partial charge on any atom is -0.462 e. The molecule has 0 rings (SSSR count). The maximum atomic E-state index is 13.0. The average Bonchev–Trinajstić information content (AvgIpc) is 3.49. The Balaban J connectivity index is 4.12. The van der Waals surface area contributed by atoms with Crippen molar-refractivity contribution in [2.45, 2.75) is 438 Å². The van der Waals surface area contributed by atoms with Crippen LogP contribution >= 0.6 is 0 Å². The first-order valence-corrected chi connectivity index (χ1v) is 37.8. The summed E-state index contributed by atoms with van der Waals surface area (Å²) in [6.45, 7) is 6.72. The Labute approximate surface area is 519 Å². The third-order valence-corrected chi connectivity index (χ3v) is 17.5. The summed E-state index contributed by atoms with van der Waals surface area (Å²) < 4.78 is 17.0. The van der Waals surface area contributed by atoms with Crippen LogP contribution in [0.2, 0.25) is 0 Å². The van der Waals surface area contributed by atoms with Crippen LogP contribution in [0.25, 0.3) is 0 Å². The summed E-state index contributed by atoms with van der Waals surface area (Å²) in [4.78, 5) is 38.5. The molecule has 0 aromatic carbocycles. The van der Waals surface area contributed by atoms with E-state index in [2.05, 4.69) is 45.1 Å². The van der Waals surface area contributed by atoms with Gasteiger partial charge in [-0.3, -0.25) is 14.4 Å². The highest BCUT2D eigenvalue weighted by Gasteiger charge is 2.20. The fourth-order valence-corrected chi connectivity index (χ4v) is 11.8. The van der Waals surface area contributed by atoms with E-state index >= 15 is 0 Å². The molecule has 1 atom stereocenters. The summed E-state index contributed by atoms with van der Waals surface area (Å²) in [5, 5.41) is 0. The van der Waals surface area contributed by atoms with Gasteiger partial charge in [-0.15, -0.1) is 0 Å². The molecular formula is C77H146O6.